The Morgan fingerprint density at radius 1 is 0.549 bits per heavy atom. The van der Waals surface area contributed by atoms with E-state index in [0.29, 0.717) is 0 Å². The molecule has 0 unspecified atom stereocenters. The highest BCUT2D eigenvalue weighted by molar-refractivity contribution is 7.26. The second-order valence-electron chi connectivity index (χ2n) is 11.8. The van der Waals surface area contributed by atoms with E-state index in [1.807, 2.05) is 55.7 Å². The molecule has 2 aromatic heterocycles. The maximum atomic E-state index is 5.03. The number of rotatable bonds is 6. The molecule has 0 atom stereocenters. The van der Waals surface area contributed by atoms with Crippen LogP contribution in [-0.4, -0.2) is 4.98 Å². The number of aromatic nitrogens is 1. The topological polar surface area (TPSA) is 12.9 Å². The molecule has 0 amide bonds. The van der Waals surface area contributed by atoms with Gasteiger partial charge in [0.05, 0.1) is 5.69 Å². The molecule has 1 nitrogen and oxygen atoms in total. The van der Waals surface area contributed by atoms with Crippen LogP contribution in [0.25, 0.3) is 80.9 Å². The molecule has 0 radical (unpaired) electrons. The Hall–Kier alpha value is -6.09. The summed E-state index contributed by atoms with van der Waals surface area (Å²) in [6.45, 7) is 13.5. The summed E-state index contributed by atoms with van der Waals surface area (Å²) >= 11 is 1.87. The van der Waals surface area contributed by atoms with Gasteiger partial charge in [-0.3, -0.25) is 4.98 Å². The normalized spacial score (nSPS) is 11.6. The molecule has 0 fully saturated rings. The van der Waals surface area contributed by atoms with Gasteiger partial charge in [-0.2, -0.15) is 0 Å². The summed E-state index contributed by atoms with van der Waals surface area (Å²) in [6, 6.07) is 41.8. The van der Waals surface area contributed by atoms with Gasteiger partial charge in [0.25, 0.3) is 0 Å². The van der Waals surface area contributed by atoms with Gasteiger partial charge in [-0.05, 0) is 69.4 Å². The van der Waals surface area contributed by atoms with Crippen molar-refractivity contribution in [3.05, 3.63) is 195 Å². The van der Waals surface area contributed by atoms with E-state index in [1.165, 1.54) is 63.6 Å². The van der Waals surface area contributed by atoms with Crippen LogP contribution in [0.5, 0.6) is 0 Å². The van der Waals surface area contributed by atoms with Gasteiger partial charge in [0.15, 0.2) is 0 Å². The van der Waals surface area contributed by atoms with Crippen LogP contribution in [-0.2, 0) is 0 Å². The van der Waals surface area contributed by atoms with Gasteiger partial charge in [0, 0.05) is 37.5 Å². The van der Waals surface area contributed by atoms with Gasteiger partial charge in [-0.25, -0.2) is 0 Å². The van der Waals surface area contributed by atoms with E-state index < -0.39 is 0 Å². The molecule has 0 aliphatic carbocycles. The highest BCUT2D eigenvalue weighted by Gasteiger charge is 2.15. The third-order valence-electron chi connectivity index (χ3n) is 8.80. The van der Waals surface area contributed by atoms with Crippen LogP contribution >= 0.6 is 11.3 Å². The molecule has 0 spiro atoms. The molecule has 51 heavy (non-hydrogen) atoms. The van der Waals surface area contributed by atoms with Gasteiger partial charge in [-0.15, -0.1) is 24.5 Å². The number of hydrogen-bond donors (Lipinski definition) is 0. The lowest BCUT2D eigenvalue weighted by Crippen LogP contribution is -1.91. The molecular weight excluding hydrogens is 635 g/mol. The van der Waals surface area contributed by atoms with E-state index in [4.69, 9.17) is 4.98 Å². The lowest BCUT2D eigenvalue weighted by Gasteiger charge is -2.15. The van der Waals surface area contributed by atoms with Crippen molar-refractivity contribution < 1.29 is 0 Å². The first-order valence-corrected chi connectivity index (χ1v) is 18.0. The van der Waals surface area contributed by atoms with Crippen molar-refractivity contribution in [1.29, 1.82) is 0 Å². The minimum Gasteiger partial charge on any atom is -0.256 e. The van der Waals surface area contributed by atoms with Gasteiger partial charge in [-0.1, -0.05) is 164 Å². The van der Waals surface area contributed by atoms with E-state index in [9.17, 15) is 0 Å². The molecule has 2 heterocycles. The molecule has 248 valence electrons. The molecule has 0 bridgehead atoms. The fraction of sp³-hybridized carbons (Fsp3) is 0.0408. The number of fused-ring (bicyclic) bond motifs is 7. The summed E-state index contributed by atoms with van der Waals surface area (Å²) in [5.41, 5.74) is 5.71. The first kappa shape index (κ1) is 34.8. The lowest BCUT2D eigenvalue weighted by atomic mass is 9.88. The summed E-state index contributed by atoms with van der Waals surface area (Å²) in [7, 11) is 0. The van der Waals surface area contributed by atoms with Crippen molar-refractivity contribution >= 4 is 69.9 Å². The summed E-state index contributed by atoms with van der Waals surface area (Å²) in [5.74, 6) is 0. The lowest BCUT2D eigenvalue weighted by molar-refractivity contribution is 1.33. The van der Waals surface area contributed by atoms with Crippen LogP contribution in [0.3, 0.4) is 0 Å². The molecule has 0 saturated heterocycles. The summed E-state index contributed by atoms with van der Waals surface area (Å²) in [4.78, 5) is 5.03. The monoisotopic (exact) mass is 675 g/mol. The first-order valence-electron chi connectivity index (χ1n) is 17.2. The Kier molecular flexibility index (Phi) is 11.3. The number of allylic oxidation sites excluding steroid dienone is 8. The number of benzene rings is 6. The number of thiophene rings is 1. The average molecular weight is 676 g/mol. The van der Waals surface area contributed by atoms with Crippen LogP contribution in [0, 0.1) is 0 Å². The van der Waals surface area contributed by atoms with Crippen LogP contribution < -0.4 is 0 Å². The predicted octanol–water partition coefficient (Wildman–Crippen LogP) is 14.9. The van der Waals surface area contributed by atoms with Crippen LogP contribution in [0.4, 0.5) is 0 Å². The summed E-state index contributed by atoms with van der Waals surface area (Å²) < 4.78 is 2.64. The summed E-state index contributed by atoms with van der Waals surface area (Å²) in [5, 5.41) is 10.2. The largest absolute Gasteiger partial charge is 0.256 e. The van der Waals surface area contributed by atoms with Crippen molar-refractivity contribution in [2.45, 2.75) is 13.8 Å². The molecule has 0 saturated carbocycles. The van der Waals surface area contributed by atoms with E-state index in [0.717, 1.165) is 16.8 Å². The zero-order chi connectivity index (χ0) is 35.6. The highest BCUT2D eigenvalue weighted by atomic mass is 32.1. The molecule has 0 aliphatic heterocycles. The van der Waals surface area contributed by atoms with Gasteiger partial charge in [0.1, 0.15) is 0 Å². The fourth-order valence-corrected chi connectivity index (χ4v) is 7.83. The third-order valence-corrected chi connectivity index (χ3v) is 10.0. The summed E-state index contributed by atoms with van der Waals surface area (Å²) in [6.07, 6.45) is 20.2. The molecular formula is C49H41NS. The van der Waals surface area contributed by atoms with E-state index >= 15 is 0 Å². The quantitative estimate of drug-likeness (QED) is 0.0971. The van der Waals surface area contributed by atoms with Crippen molar-refractivity contribution in [3.8, 4) is 22.4 Å². The molecule has 8 aromatic rings. The second kappa shape index (κ2) is 16.5. The van der Waals surface area contributed by atoms with Crippen LogP contribution in [0.1, 0.15) is 19.4 Å². The minimum atomic E-state index is 0.985. The first-order chi connectivity index (χ1) is 25.2. The van der Waals surface area contributed by atoms with Crippen LogP contribution in [0.15, 0.2) is 190 Å². The Morgan fingerprint density at radius 3 is 1.78 bits per heavy atom. The van der Waals surface area contributed by atoms with E-state index in [2.05, 4.69) is 159 Å². The Balaban J connectivity index is 0.000000591. The predicted molar refractivity (Wildman–Crippen MR) is 230 cm³/mol. The zero-order valence-corrected chi connectivity index (χ0v) is 30.0. The Labute approximate surface area is 305 Å². The third kappa shape index (κ3) is 7.14. The van der Waals surface area contributed by atoms with Crippen LogP contribution in [0.2, 0.25) is 0 Å². The molecule has 0 N–H and O–H groups in total. The Bertz CT molecular complexity index is 2540. The molecule has 0 aliphatic rings. The number of hydrogen-bond acceptors (Lipinski definition) is 2. The zero-order valence-electron chi connectivity index (χ0n) is 29.2. The average Bonchev–Trinajstić information content (AvgIpc) is 3.57. The fourth-order valence-electron chi connectivity index (χ4n) is 6.56. The molecule has 8 rings (SSSR count). The van der Waals surface area contributed by atoms with Crippen molar-refractivity contribution in [2.24, 2.45) is 0 Å². The van der Waals surface area contributed by atoms with Crippen molar-refractivity contribution in [2.75, 3.05) is 0 Å². The number of nitrogens with zero attached hydrogens (tertiary/aromatic N) is 1. The maximum absolute atomic E-state index is 5.03. The maximum Gasteiger partial charge on any atom is 0.0702 e. The second-order valence-corrected chi connectivity index (χ2v) is 12.9. The standard InChI is InChI=1S/C42H29NS.C5H8.C2H4/c1-2-3-4-5-6-15-32-33-16-9-11-18-36(33)41(37-19-12-10-17-34(32)37)30-22-25-39(43-27-30)29-21-23-35-38-24-20-28-13-7-8-14-31(28)42(38)44-40(35)26-29;1-3-5-4-2;1-2/h2-27H,1H3;3-5H,1H2,2H3;1-2H2/b3-2-,5-4-,15-6+;5-4-;. The van der Waals surface area contributed by atoms with Gasteiger partial charge in [0.2, 0.25) is 0 Å². The van der Waals surface area contributed by atoms with E-state index in [1.54, 1.807) is 6.08 Å². The molecule has 6 aromatic carbocycles. The SMILES string of the molecule is C=C.C=C/C=C\C.C\C=C/C=C\C=C\c1c2ccccc2c(-c2ccc(-c3ccc4c(c3)sc3c5ccccc5ccc43)nc2)c2ccccc12. The van der Waals surface area contributed by atoms with Crippen molar-refractivity contribution in [1.82, 2.24) is 4.98 Å². The van der Waals surface area contributed by atoms with Gasteiger partial charge < -0.3 is 0 Å². The smallest absolute Gasteiger partial charge is 0.0702 e. The van der Waals surface area contributed by atoms with Crippen molar-refractivity contribution in [3.63, 3.8) is 0 Å². The minimum absolute atomic E-state index is 0.985. The van der Waals surface area contributed by atoms with Gasteiger partial charge >= 0.3 is 0 Å². The number of pyridine rings is 1. The van der Waals surface area contributed by atoms with E-state index in [-0.39, 0.29) is 0 Å². The molecule has 2 heteroatoms. The highest BCUT2D eigenvalue weighted by Crippen LogP contribution is 2.42. The Morgan fingerprint density at radius 2 is 1.16 bits per heavy atom.